The topological polar surface area (TPSA) is 54.5 Å². The minimum absolute atomic E-state index is 0.00197. The van der Waals surface area contributed by atoms with Crippen LogP contribution < -0.4 is 4.90 Å². The first kappa shape index (κ1) is 11.5. The smallest absolute Gasteiger partial charge is 0.299 e. The van der Waals surface area contributed by atoms with E-state index in [0.717, 1.165) is 0 Å². The molecule has 2 rings (SSSR count). The van der Waals surface area contributed by atoms with Crippen molar-refractivity contribution in [2.75, 3.05) is 4.90 Å². The van der Waals surface area contributed by atoms with E-state index in [1.165, 1.54) is 11.8 Å². The van der Waals surface area contributed by atoms with Crippen molar-refractivity contribution in [3.8, 4) is 0 Å². The summed E-state index contributed by atoms with van der Waals surface area (Å²) in [5.74, 6) is -1.03. The van der Waals surface area contributed by atoms with Crippen molar-refractivity contribution < 1.29 is 14.4 Å². The van der Waals surface area contributed by atoms with Gasteiger partial charge in [-0.1, -0.05) is 12.1 Å². The maximum Gasteiger partial charge on any atom is 0.299 e. The van der Waals surface area contributed by atoms with Crippen molar-refractivity contribution >= 4 is 23.2 Å². The summed E-state index contributed by atoms with van der Waals surface area (Å²) in [5, 5.41) is 0. The van der Waals surface area contributed by atoms with E-state index in [2.05, 4.69) is 0 Å². The van der Waals surface area contributed by atoms with Gasteiger partial charge in [-0.2, -0.15) is 0 Å². The highest BCUT2D eigenvalue weighted by molar-refractivity contribution is 6.52. The average Bonchev–Trinajstić information content (AvgIpc) is 2.51. The Balaban J connectivity index is 2.39. The van der Waals surface area contributed by atoms with Gasteiger partial charge in [0.05, 0.1) is 11.3 Å². The number of carbonyl (C=O) groups is 3. The van der Waals surface area contributed by atoms with Crippen molar-refractivity contribution in [2.45, 2.75) is 26.3 Å². The molecule has 17 heavy (non-hydrogen) atoms. The Kier molecular flexibility index (Phi) is 2.79. The second kappa shape index (κ2) is 4.13. The zero-order chi connectivity index (χ0) is 12.6. The van der Waals surface area contributed by atoms with Gasteiger partial charge in [-0.25, -0.2) is 0 Å². The summed E-state index contributed by atoms with van der Waals surface area (Å²) in [6, 6.07) is 6.58. The van der Waals surface area contributed by atoms with Gasteiger partial charge in [0.1, 0.15) is 5.78 Å². The van der Waals surface area contributed by atoms with Gasteiger partial charge in [0, 0.05) is 12.5 Å². The zero-order valence-corrected chi connectivity index (χ0v) is 9.77. The van der Waals surface area contributed by atoms with E-state index < -0.39 is 11.7 Å². The molecule has 1 aliphatic rings. The number of para-hydroxylation sites is 1. The predicted molar refractivity (Wildman–Crippen MR) is 63.0 cm³/mol. The van der Waals surface area contributed by atoms with Crippen molar-refractivity contribution in [3.63, 3.8) is 0 Å². The first-order valence-electron chi connectivity index (χ1n) is 5.48. The first-order valence-corrected chi connectivity index (χ1v) is 5.48. The molecule has 1 aromatic rings. The normalized spacial score (nSPS) is 16.0. The number of hydrogen-bond acceptors (Lipinski definition) is 3. The lowest BCUT2D eigenvalue weighted by molar-refractivity contribution is -0.117. The number of nitrogens with zero attached hydrogens (tertiary/aromatic N) is 1. The van der Waals surface area contributed by atoms with E-state index >= 15 is 0 Å². The van der Waals surface area contributed by atoms with Crippen LogP contribution in [0.5, 0.6) is 0 Å². The van der Waals surface area contributed by atoms with Crippen LogP contribution in [0.15, 0.2) is 24.3 Å². The Morgan fingerprint density at radius 1 is 1.29 bits per heavy atom. The summed E-state index contributed by atoms with van der Waals surface area (Å²) in [6.45, 7) is 3.25. The third kappa shape index (κ3) is 1.86. The lowest BCUT2D eigenvalue weighted by atomic mass is 10.1. The van der Waals surface area contributed by atoms with Crippen molar-refractivity contribution in [2.24, 2.45) is 0 Å². The van der Waals surface area contributed by atoms with E-state index in [-0.39, 0.29) is 18.2 Å². The van der Waals surface area contributed by atoms with Gasteiger partial charge in [0.15, 0.2) is 0 Å². The summed E-state index contributed by atoms with van der Waals surface area (Å²) in [5.41, 5.74) is 1.03. The molecular weight excluding hydrogens is 218 g/mol. The molecule has 4 nitrogen and oxygen atoms in total. The van der Waals surface area contributed by atoms with Crippen LogP contribution in [0.3, 0.4) is 0 Å². The molecule has 1 amide bonds. The van der Waals surface area contributed by atoms with Crippen LogP contribution in [-0.2, 0) is 9.59 Å². The van der Waals surface area contributed by atoms with E-state index in [1.807, 2.05) is 0 Å². The molecule has 0 aliphatic carbocycles. The molecule has 1 atom stereocenters. The molecule has 0 spiro atoms. The number of hydrogen-bond donors (Lipinski definition) is 0. The Morgan fingerprint density at radius 3 is 2.59 bits per heavy atom. The van der Waals surface area contributed by atoms with Crippen LogP contribution >= 0.6 is 0 Å². The second-order valence-electron chi connectivity index (χ2n) is 4.28. The van der Waals surface area contributed by atoms with Crippen LogP contribution in [0.2, 0.25) is 0 Å². The standard InChI is InChI=1S/C13H13NO3/c1-8(7-9(2)15)14-11-6-4-3-5-10(11)12(16)13(14)17/h3-6,8H,7H2,1-2H3. The van der Waals surface area contributed by atoms with Crippen LogP contribution in [0.1, 0.15) is 30.6 Å². The lowest BCUT2D eigenvalue weighted by Gasteiger charge is -2.23. The Bertz CT molecular complexity index is 507. The predicted octanol–water partition coefficient (Wildman–Crippen LogP) is 1.58. The largest absolute Gasteiger partial charge is 0.302 e. The Morgan fingerprint density at radius 2 is 1.94 bits per heavy atom. The summed E-state index contributed by atoms with van der Waals surface area (Å²) in [6.07, 6.45) is 0.257. The maximum atomic E-state index is 11.9. The third-order valence-corrected chi connectivity index (χ3v) is 2.84. The highest BCUT2D eigenvalue weighted by atomic mass is 16.2. The molecule has 1 heterocycles. The number of amides is 1. The molecule has 0 bridgehead atoms. The molecule has 0 radical (unpaired) electrons. The number of fused-ring (bicyclic) bond motifs is 1. The number of rotatable bonds is 3. The average molecular weight is 231 g/mol. The molecule has 1 aliphatic heterocycles. The van der Waals surface area contributed by atoms with Gasteiger partial charge in [0.25, 0.3) is 11.7 Å². The zero-order valence-electron chi connectivity index (χ0n) is 9.77. The maximum absolute atomic E-state index is 11.9. The van der Waals surface area contributed by atoms with Crippen LogP contribution in [-0.4, -0.2) is 23.5 Å². The van der Waals surface area contributed by atoms with Gasteiger partial charge >= 0.3 is 0 Å². The fourth-order valence-electron chi connectivity index (χ4n) is 2.15. The van der Waals surface area contributed by atoms with Crippen LogP contribution in [0.4, 0.5) is 5.69 Å². The second-order valence-corrected chi connectivity index (χ2v) is 4.28. The minimum Gasteiger partial charge on any atom is -0.302 e. The first-order chi connectivity index (χ1) is 8.02. The van der Waals surface area contributed by atoms with Gasteiger partial charge in [0.2, 0.25) is 0 Å². The van der Waals surface area contributed by atoms with Crippen LogP contribution in [0.25, 0.3) is 0 Å². The summed E-state index contributed by atoms with van der Waals surface area (Å²) >= 11 is 0. The quantitative estimate of drug-likeness (QED) is 0.742. The van der Waals surface area contributed by atoms with E-state index in [4.69, 9.17) is 0 Å². The molecule has 1 aromatic carbocycles. The summed E-state index contributed by atoms with van der Waals surface area (Å²) < 4.78 is 0. The molecular formula is C13H13NO3. The van der Waals surface area contributed by atoms with E-state index in [9.17, 15) is 14.4 Å². The number of carbonyl (C=O) groups excluding carboxylic acids is 3. The van der Waals surface area contributed by atoms with Crippen molar-refractivity contribution in [1.82, 2.24) is 0 Å². The monoisotopic (exact) mass is 231 g/mol. The van der Waals surface area contributed by atoms with E-state index in [1.54, 1.807) is 31.2 Å². The molecule has 0 fully saturated rings. The lowest BCUT2D eigenvalue weighted by Crippen LogP contribution is -2.38. The number of ketones is 2. The van der Waals surface area contributed by atoms with Gasteiger partial charge in [-0.15, -0.1) is 0 Å². The highest BCUT2D eigenvalue weighted by Crippen LogP contribution is 2.30. The number of benzene rings is 1. The van der Waals surface area contributed by atoms with E-state index in [0.29, 0.717) is 11.3 Å². The molecule has 88 valence electrons. The Labute approximate surface area is 99.2 Å². The van der Waals surface area contributed by atoms with Crippen molar-refractivity contribution in [1.29, 1.82) is 0 Å². The fraction of sp³-hybridized carbons (Fsp3) is 0.308. The summed E-state index contributed by atoms with van der Waals surface area (Å²) in [7, 11) is 0. The number of anilines is 1. The molecule has 0 N–H and O–H groups in total. The van der Waals surface area contributed by atoms with Gasteiger partial charge in [-0.05, 0) is 26.0 Å². The van der Waals surface area contributed by atoms with Crippen LogP contribution in [0, 0.1) is 0 Å². The number of Topliss-reactive ketones (excluding diaryl/α,β-unsaturated/α-hetero) is 2. The fourth-order valence-corrected chi connectivity index (χ4v) is 2.15. The Hall–Kier alpha value is -1.97. The third-order valence-electron chi connectivity index (χ3n) is 2.84. The molecule has 1 unspecified atom stereocenters. The molecule has 0 saturated carbocycles. The van der Waals surface area contributed by atoms with Crippen molar-refractivity contribution in [3.05, 3.63) is 29.8 Å². The van der Waals surface area contributed by atoms with Gasteiger partial charge in [-0.3, -0.25) is 14.4 Å². The molecule has 4 heteroatoms. The summed E-state index contributed by atoms with van der Waals surface area (Å²) in [4.78, 5) is 36.1. The SMILES string of the molecule is CC(=O)CC(C)N1C(=O)C(=O)c2ccccc21. The van der Waals surface area contributed by atoms with Gasteiger partial charge < -0.3 is 4.90 Å². The highest BCUT2D eigenvalue weighted by Gasteiger charge is 2.38. The molecule has 0 saturated heterocycles. The minimum atomic E-state index is -0.542. The molecule has 0 aromatic heterocycles.